The lowest BCUT2D eigenvalue weighted by Gasteiger charge is -2.09. The molecule has 29 heavy (non-hydrogen) atoms. The van der Waals surface area contributed by atoms with E-state index in [-0.39, 0.29) is 16.1 Å². The third-order valence-corrected chi connectivity index (χ3v) is 6.21. The number of rotatable bonds is 4. The molecule has 2 aromatic heterocycles. The number of benzene rings is 1. The highest BCUT2D eigenvalue weighted by Gasteiger charge is 2.20. The SMILES string of the molecule is N#Cc1c(/N=C/c2ccc(-c3ccc(Cl)c(C(=O)O)c3)o2)sc2c1CCCC2.O. The van der Waals surface area contributed by atoms with Crippen LogP contribution in [0.3, 0.4) is 0 Å². The van der Waals surface area contributed by atoms with E-state index in [1.54, 1.807) is 35.8 Å². The van der Waals surface area contributed by atoms with E-state index in [2.05, 4.69) is 11.1 Å². The minimum atomic E-state index is -1.09. The Bertz CT molecular complexity index is 1140. The number of fused-ring (bicyclic) bond motifs is 1. The fourth-order valence-corrected chi connectivity index (χ4v) is 4.68. The monoisotopic (exact) mass is 428 g/mol. The van der Waals surface area contributed by atoms with Crippen LogP contribution in [0.25, 0.3) is 11.3 Å². The molecule has 0 spiro atoms. The van der Waals surface area contributed by atoms with Gasteiger partial charge in [-0.2, -0.15) is 5.26 Å². The Kier molecular flexibility index (Phi) is 6.18. The molecule has 3 aromatic rings. The molecule has 0 saturated heterocycles. The summed E-state index contributed by atoms with van der Waals surface area (Å²) in [4.78, 5) is 17.0. The van der Waals surface area contributed by atoms with Gasteiger partial charge in [0, 0.05) is 10.4 Å². The molecular formula is C21H17ClN2O4S. The number of nitrogens with zero attached hydrogens (tertiary/aromatic N) is 2. The van der Waals surface area contributed by atoms with Gasteiger partial charge in [0.05, 0.1) is 22.4 Å². The van der Waals surface area contributed by atoms with Crippen molar-refractivity contribution < 1.29 is 19.8 Å². The standard InChI is InChI=1S/C21H15ClN2O3S.H2O/c22-17-7-5-12(9-15(17)21(25)26)18-8-6-13(27-18)11-24-20-16(10-23)14-3-1-2-4-19(14)28-20;/h5-9,11H,1-4H2,(H,25,26);1H2/b24-11+;. The quantitative estimate of drug-likeness (QED) is 0.585. The Balaban J connectivity index is 0.00000240. The van der Waals surface area contributed by atoms with Crippen molar-refractivity contribution in [3.8, 4) is 17.4 Å². The van der Waals surface area contributed by atoms with Crippen molar-refractivity contribution in [1.82, 2.24) is 0 Å². The maximum atomic E-state index is 11.3. The van der Waals surface area contributed by atoms with Crippen LogP contribution < -0.4 is 0 Å². The summed E-state index contributed by atoms with van der Waals surface area (Å²) >= 11 is 7.49. The van der Waals surface area contributed by atoms with Crippen LogP contribution in [0.5, 0.6) is 0 Å². The minimum Gasteiger partial charge on any atom is -0.478 e. The molecule has 6 nitrogen and oxygen atoms in total. The molecule has 0 amide bonds. The first-order valence-electron chi connectivity index (χ1n) is 8.78. The number of carbonyl (C=O) groups is 1. The van der Waals surface area contributed by atoms with Crippen LogP contribution in [-0.2, 0) is 12.8 Å². The van der Waals surface area contributed by atoms with Crippen molar-refractivity contribution in [3.63, 3.8) is 0 Å². The highest BCUT2D eigenvalue weighted by atomic mass is 35.5. The summed E-state index contributed by atoms with van der Waals surface area (Å²) in [5.74, 6) is -0.0467. The number of hydrogen-bond donors (Lipinski definition) is 1. The molecule has 0 fully saturated rings. The van der Waals surface area contributed by atoms with Gasteiger partial charge in [-0.3, -0.25) is 0 Å². The maximum absolute atomic E-state index is 11.3. The zero-order chi connectivity index (χ0) is 19.7. The smallest absolute Gasteiger partial charge is 0.337 e. The summed E-state index contributed by atoms with van der Waals surface area (Å²) in [5, 5.41) is 19.6. The highest BCUT2D eigenvalue weighted by Crippen LogP contribution is 2.39. The maximum Gasteiger partial charge on any atom is 0.337 e. The highest BCUT2D eigenvalue weighted by molar-refractivity contribution is 7.16. The summed E-state index contributed by atoms with van der Waals surface area (Å²) < 4.78 is 5.78. The van der Waals surface area contributed by atoms with Crippen LogP contribution in [0, 0.1) is 11.3 Å². The van der Waals surface area contributed by atoms with Gasteiger partial charge in [0.1, 0.15) is 22.6 Å². The number of thiophene rings is 1. The average molecular weight is 429 g/mol. The first kappa shape index (κ1) is 20.8. The summed E-state index contributed by atoms with van der Waals surface area (Å²) in [6, 6.07) is 10.5. The van der Waals surface area contributed by atoms with Gasteiger partial charge in [-0.25, -0.2) is 9.79 Å². The Morgan fingerprint density at radius 3 is 2.83 bits per heavy atom. The van der Waals surface area contributed by atoms with Crippen LogP contribution in [-0.4, -0.2) is 22.8 Å². The number of aliphatic imine (C=N–C) groups is 1. The van der Waals surface area contributed by atoms with Crippen LogP contribution >= 0.6 is 22.9 Å². The molecule has 8 heteroatoms. The van der Waals surface area contributed by atoms with Crippen LogP contribution in [0.1, 0.15) is 45.0 Å². The number of halogens is 1. The molecule has 1 aliphatic carbocycles. The second-order valence-electron chi connectivity index (χ2n) is 6.46. The van der Waals surface area contributed by atoms with Gasteiger partial charge >= 0.3 is 5.97 Å². The summed E-state index contributed by atoms with van der Waals surface area (Å²) in [6.45, 7) is 0. The Labute approximate surface area is 176 Å². The van der Waals surface area contributed by atoms with E-state index in [0.29, 0.717) is 27.6 Å². The van der Waals surface area contributed by atoms with E-state index in [4.69, 9.17) is 16.0 Å². The molecule has 0 unspecified atom stereocenters. The molecule has 1 aromatic carbocycles. The number of furan rings is 1. The van der Waals surface area contributed by atoms with Gasteiger partial charge in [0.2, 0.25) is 0 Å². The molecule has 0 atom stereocenters. The third kappa shape index (κ3) is 4.10. The van der Waals surface area contributed by atoms with E-state index in [0.717, 1.165) is 31.2 Å². The lowest BCUT2D eigenvalue weighted by molar-refractivity contribution is 0.0697. The molecule has 0 bridgehead atoms. The fraction of sp³-hybridized carbons (Fsp3) is 0.190. The molecule has 2 heterocycles. The lowest BCUT2D eigenvalue weighted by atomic mass is 9.96. The predicted molar refractivity (Wildman–Crippen MR) is 113 cm³/mol. The van der Waals surface area contributed by atoms with E-state index < -0.39 is 5.97 Å². The summed E-state index contributed by atoms with van der Waals surface area (Å²) in [6.07, 6.45) is 5.82. The second kappa shape index (κ2) is 8.62. The van der Waals surface area contributed by atoms with Crippen molar-refractivity contribution >= 4 is 40.1 Å². The van der Waals surface area contributed by atoms with Crippen molar-refractivity contribution in [3.05, 3.63) is 62.7 Å². The van der Waals surface area contributed by atoms with E-state index in [1.165, 1.54) is 17.0 Å². The number of carboxylic acids is 1. The van der Waals surface area contributed by atoms with Crippen LogP contribution in [0.2, 0.25) is 5.02 Å². The Morgan fingerprint density at radius 1 is 1.28 bits per heavy atom. The zero-order valence-corrected chi connectivity index (χ0v) is 16.8. The van der Waals surface area contributed by atoms with Crippen molar-refractivity contribution in [1.29, 1.82) is 5.26 Å². The van der Waals surface area contributed by atoms with E-state index in [9.17, 15) is 15.2 Å². The van der Waals surface area contributed by atoms with E-state index >= 15 is 0 Å². The molecular weight excluding hydrogens is 412 g/mol. The Morgan fingerprint density at radius 2 is 2.07 bits per heavy atom. The van der Waals surface area contributed by atoms with E-state index in [1.807, 2.05) is 0 Å². The van der Waals surface area contributed by atoms with Crippen molar-refractivity contribution in [2.75, 3.05) is 0 Å². The summed E-state index contributed by atoms with van der Waals surface area (Å²) in [5.41, 5.74) is 2.46. The van der Waals surface area contributed by atoms with Crippen LogP contribution in [0.15, 0.2) is 39.7 Å². The molecule has 148 valence electrons. The largest absolute Gasteiger partial charge is 0.478 e. The molecule has 0 saturated carbocycles. The molecule has 4 rings (SSSR count). The Hall–Kier alpha value is -2.92. The van der Waals surface area contributed by atoms with Gasteiger partial charge in [-0.15, -0.1) is 11.3 Å². The number of carboxylic acid groups (broad SMARTS) is 1. The molecule has 3 N–H and O–H groups in total. The van der Waals surface area contributed by atoms with Crippen LogP contribution in [0.4, 0.5) is 5.00 Å². The lowest BCUT2D eigenvalue weighted by Crippen LogP contribution is -1.99. The summed E-state index contributed by atoms with van der Waals surface area (Å²) in [7, 11) is 0. The normalized spacial score (nSPS) is 13.0. The predicted octanol–water partition coefficient (Wildman–Crippen LogP) is 5.04. The van der Waals surface area contributed by atoms with Crippen molar-refractivity contribution in [2.24, 2.45) is 4.99 Å². The molecule has 0 aliphatic heterocycles. The number of aromatic carboxylic acids is 1. The average Bonchev–Trinajstić information content (AvgIpc) is 3.30. The van der Waals surface area contributed by atoms with Gasteiger partial charge in [0.25, 0.3) is 0 Å². The first-order chi connectivity index (χ1) is 13.6. The second-order valence-corrected chi connectivity index (χ2v) is 7.95. The first-order valence-corrected chi connectivity index (χ1v) is 9.98. The van der Waals surface area contributed by atoms with Gasteiger partial charge in [-0.1, -0.05) is 11.6 Å². The third-order valence-electron chi connectivity index (χ3n) is 4.68. The molecule has 1 aliphatic rings. The minimum absolute atomic E-state index is 0. The van der Waals surface area contributed by atoms with Crippen molar-refractivity contribution in [2.45, 2.75) is 25.7 Å². The van der Waals surface area contributed by atoms with Gasteiger partial charge in [0.15, 0.2) is 0 Å². The number of hydrogen-bond acceptors (Lipinski definition) is 5. The fourth-order valence-electron chi connectivity index (χ4n) is 3.30. The van der Waals surface area contributed by atoms with Gasteiger partial charge < -0.3 is 15.0 Å². The zero-order valence-electron chi connectivity index (χ0n) is 15.2. The molecule has 0 radical (unpaired) electrons. The topological polar surface area (TPSA) is 118 Å². The van der Waals surface area contributed by atoms with Gasteiger partial charge in [-0.05, 0) is 61.6 Å². The number of nitriles is 1. The number of aryl methyl sites for hydroxylation is 1.